The number of fused-ring (bicyclic) bond motifs is 1. The molecule has 0 bridgehead atoms. The van der Waals surface area contributed by atoms with Crippen LogP contribution in [0.5, 0.6) is 0 Å². The summed E-state index contributed by atoms with van der Waals surface area (Å²) in [7, 11) is -7.80. The van der Waals surface area contributed by atoms with Gasteiger partial charge in [-0.3, -0.25) is 19.7 Å². The lowest BCUT2D eigenvalue weighted by molar-refractivity contribution is -0.120. The number of amides is 3. The third kappa shape index (κ3) is 4.41. The van der Waals surface area contributed by atoms with Crippen LogP contribution in [0.15, 0.2) is 52.3 Å². The fourth-order valence-corrected chi connectivity index (χ4v) is 7.03. The van der Waals surface area contributed by atoms with E-state index in [4.69, 9.17) is 0 Å². The van der Waals surface area contributed by atoms with Crippen LogP contribution in [0.2, 0.25) is 0 Å². The summed E-state index contributed by atoms with van der Waals surface area (Å²) in [4.78, 5) is 35.6. The lowest BCUT2D eigenvalue weighted by Crippen LogP contribution is -2.41. The van der Waals surface area contributed by atoms with Crippen LogP contribution in [0.1, 0.15) is 33.6 Å². The maximum atomic E-state index is 13.1. The molecular weight excluding hydrogens is 470 g/mol. The average Bonchev–Trinajstić information content (AvgIpc) is 3.06. The van der Waals surface area contributed by atoms with Gasteiger partial charge in [-0.1, -0.05) is 12.1 Å². The van der Waals surface area contributed by atoms with Crippen molar-refractivity contribution in [2.45, 2.75) is 22.6 Å². The Bertz CT molecular complexity index is 1380. The summed E-state index contributed by atoms with van der Waals surface area (Å²) in [5.74, 6) is -1.81. The van der Waals surface area contributed by atoms with E-state index in [2.05, 4.69) is 10.6 Å². The topological polar surface area (TPSA) is 147 Å². The van der Waals surface area contributed by atoms with Gasteiger partial charge in [0.2, 0.25) is 15.9 Å². The monoisotopic (exact) mass is 491 g/mol. The first-order valence-corrected chi connectivity index (χ1v) is 13.4. The van der Waals surface area contributed by atoms with E-state index in [0.29, 0.717) is 5.69 Å². The minimum atomic E-state index is -4.06. The van der Waals surface area contributed by atoms with Crippen molar-refractivity contribution >= 4 is 43.3 Å². The minimum absolute atomic E-state index is 0.0552. The van der Waals surface area contributed by atoms with Gasteiger partial charge in [0, 0.05) is 31.0 Å². The zero-order chi connectivity index (χ0) is 24.0. The van der Waals surface area contributed by atoms with Gasteiger partial charge >= 0.3 is 0 Å². The molecule has 2 aliphatic heterocycles. The molecule has 2 aromatic rings. The summed E-state index contributed by atoms with van der Waals surface area (Å²) in [5, 5.41) is 4.89. The number of sulfone groups is 1. The van der Waals surface area contributed by atoms with E-state index in [-0.39, 0.29) is 52.8 Å². The van der Waals surface area contributed by atoms with Crippen molar-refractivity contribution in [1.29, 1.82) is 0 Å². The zero-order valence-electron chi connectivity index (χ0n) is 17.6. The van der Waals surface area contributed by atoms with Crippen LogP contribution in [0, 0.1) is 5.92 Å². The molecule has 2 aliphatic rings. The maximum absolute atomic E-state index is 13.1. The highest BCUT2D eigenvalue weighted by Gasteiger charge is 2.35. The van der Waals surface area contributed by atoms with Gasteiger partial charge < -0.3 is 5.32 Å². The molecule has 0 atom stereocenters. The molecular formula is C21H21N3O7S2. The number of imide groups is 1. The predicted octanol–water partition coefficient (Wildman–Crippen LogP) is 1.01. The van der Waals surface area contributed by atoms with Gasteiger partial charge in [-0.15, -0.1) is 0 Å². The SMILES string of the molecule is CS(=O)(=O)c1ccccc1S(=O)(=O)N1CCC(C(=O)Nc2ccc3c(c2)C(=O)NC3=O)CC1. The third-order valence-electron chi connectivity index (χ3n) is 5.69. The average molecular weight is 492 g/mol. The van der Waals surface area contributed by atoms with Gasteiger partial charge in [-0.05, 0) is 43.2 Å². The molecule has 33 heavy (non-hydrogen) atoms. The molecule has 0 aliphatic carbocycles. The van der Waals surface area contributed by atoms with Gasteiger partial charge in [0.05, 0.1) is 16.0 Å². The maximum Gasteiger partial charge on any atom is 0.259 e. The smallest absolute Gasteiger partial charge is 0.259 e. The van der Waals surface area contributed by atoms with E-state index in [0.717, 1.165) is 6.26 Å². The number of anilines is 1. The Hall–Kier alpha value is -3.09. The fraction of sp³-hybridized carbons (Fsp3) is 0.286. The second kappa shape index (κ2) is 8.36. The quantitative estimate of drug-likeness (QED) is 0.594. The number of nitrogens with zero attached hydrogens (tertiary/aromatic N) is 1. The van der Waals surface area contributed by atoms with Gasteiger partial charge in [0.15, 0.2) is 9.84 Å². The van der Waals surface area contributed by atoms with Gasteiger partial charge in [-0.2, -0.15) is 4.31 Å². The van der Waals surface area contributed by atoms with Crippen molar-refractivity contribution in [3.05, 3.63) is 53.6 Å². The molecule has 0 aromatic heterocycles. The molecule has 0 saturated carbocycles. The summed E-state index contributed by atoms with van der Waals surface area (Å²) in [6.07, 6.45) is 1.45. The van der Waals surface area contributed by atoms with Crippen LogP contribution in [0.3, 0.4) is 0 Å². The van der Waals surface area contributed by atoms with E-state index < -0.39 is 37.6 Å². The molecule has 3 amide bonds. The van der Waals surface area contributed by atoms with Crippen molar-refractivity contribution in [3.63, 3.8) is 0 Å². The number of sulfonamides is 1. The Labute approximate surface area is 190 Å². The molecule has 1 saturated heterocycles. The van der Waals surface area contributed by atoms with E-state index >= 15 is 0 Å². The number of benzene rings is 2. The Kier molecular flexibility index (Phi) is 5.85. The van der Waals surface area contributed by atoms with Crippen LogP contribution in [0.25, 0.3) is 0 Å². The van der Waals surface area contributed by atoms with Crippen molar-refractivity contribution in [1.82, 2.24) is 9.62 Å². The van der Waals surface area contributed by atoms with Gasteiger partial charge in [0.25, 0.3) is 11.8 Å². The Morgan fingerprint density at radius 2 is 1.55 bits per heavy atom. The Morgan fingerprint density at radius 1 is 0.939 bits per heavy atom. The molecule has 0 unspecified atom stereocenters. The summed E-state index contributed by atoms with van der Waals surface area (Å²) in [5.41, 5.74) is 0.787. The van der Waals surface area contributed by atoms with Crippen molar-refractivity contribution < 1.29 is 31.2 Å². The van der Waals surface area contributed by atoms with Crippen LogP contribution < -0.4 is 10.6 Å². The first-order valence-electron chi connectivity index (χ1n) is 10.1. The lowest BCUT2D eigenvalue weighted by Gasteiger charge is -2.31. The number of hydrogen-bond donors (Lipinski definition) is 2. The second-order valence-electron chi connectivity index (χ2n) is 7.93. The Morgan fingerprint density at radius 3 is 2.18 bits per heavy atom. The molecule has 10 nitrogen and oxygen atoms in total. The van der Waals surface area contributed by atoms with Crippen LogP contribution >= 0.6 is 0 Å². The predicted molar refractivity (Wildman–Crippen MR) is 118 cm³/mol. The molecule has 12 heteroatoms. The summed E-state index contributed by atoms with van der Waals surface area (Å²) in [6, 6.07) is 9.86. The minimum Gasteiger partial charge on any atom is -0.326 e. The summed E-state index contributed by atoms with van der Waals surface area (Å²) >= 11 is 0. The van der Waals surface area contributed by atoms with Gasteiger partial charge in [0.1, 0.15) is 4.90 Å². The molecule has 2 N–H and O–H groups in total. The molecule has 1 fully saturated rings. The fourth-order valence-electron chi connectivity index (χ4n) is 3.96. The number of nitrogens with one attached hydrogen (secondary N) is 2. The highest BCUT2D eigenvalue weighted by atomic mass is 32.2. The molecule has 4 rings (SSSR count). The first-order chi connectivity index (χ1) is 15.5. The summed E-state index contributed by atoms with van der Waals surface area (Å²) < 4.78 is 51.4. The van der Waals surface area contributed by atoms with E-state index in [9.17, 15) is 31.2 Å². The van der Waals surface area contributed by atoms with Crippen LogP contribution in [-0.2, 0) is 24.7 Å². The van der Waals surface area contributed by atoms with Gasteiger partial charge in [-0.25, -0.2) is 16.8 Å². The van der Waals surface area contributed by atoms with E-state index in [1.54, 1.807) is 0 Å². The molecule has 0 spiro atoms. The largest absolute Gasteiger partial charge is 0.326 e. The van der Waals surface area contributed by atoms with E-state index in [1.165, 1.54) is 46.8 Å². The zero-order valence-corrected chi connectivity index (χ0v) is 19.2. The Balaban J connectivity index is 1.44. The number of piperidine rings is 1. The van der Waals surface area contributed by atoms with Crippen LogP contribution in [0.4, 0.5) is 5.69 Å². The summed E-state index contributed by atoms with van der Waals surface area (Å²) in [6.45, 7) is 0.110. The van der Waals surface area contributed by atoms with Crippen molar-refractivity contribution in [2.75, 3.05) is 24.7 Å². The number of carbonyl (C=O) groups excluding carboxylic acids is 3. The number of hydrogen-bond acceptors (Lipinski definition) is 7. The van der Waals surface area contributed by atoms with Crippen LogP contribution in [-0.4, -0.2) is 58.2 Å². The second-order valence-corrected chi connectivity index (χ2v) is 11.8. The highest BCUT2D eigenvalue weighted by Crippen LogP contribution is 2.29. The number of rotatable bonds is 5. The first kappa shape index (κ1) is 23.1. The highest BCUT2D eigenvalue weighted by molar-refractivity contribution is 7.93. The standard InChI is InChI=1S/C21H21N3O7S2/c1-32(28,29)17-4-2-3-5-18(17)33(30,31)24-10-8-13(9-11-24)19(25)22-14-6-7-15-16(12-14)21(27)23-20(15)26/h2-7,12-13H,8-11H2,1H3,(H,22,25)(H,23,26,27). The molecule has 0 radical (unpaired) electrons. The van der Waals surface area contributed by atoms with Crippen molar-refractivity contribution in [2.24, 2.45) is 5.92 Å². The third-order valence-corrected chi connectivity index (χ3v) is 8.94. The lowest BCUT2D eigenvalue weighted by atomic mass is 9.97. The van der Waals surface area contributed by atoms with Crippen molar-refractivity contribution in [3.8, 4) is 0 Å². The van der Waals surface area contributed by atoms with E-state index in [1.807, 2.05) is 0 Å². The molecule has 2 aromatic carbocycles. The molecule has 2 heterocycles. The number of carbonyl (C=O) groups is 3. The molecule has 174 valence electrons. The normalized spacial score (nSPS) is 17.5.